The maximum Gasteiger partial charge on any atom is 0.242 e. The molecule has 122 valence electrons. The maximum absolute atomic E-state index is 11.4. The molecule has 7 heteroatoms. The summed E-state index contributed by atoms with van der Waals surface area (Å²) in [6.07, 6.45) is 1.76. The molecule has 0 saturated heterocycles. The van der Waals surface area contributed by atoms with Crippen LogP contribution in [0.4, 0.5) is 0 Å². The Hall–Kier alpha value is -2.12. The number of aliphatic hydroxyl groups excluding tert-OH is 1. The average molecular weight is 334 g/mol. The van der Waals surface area contributed by atoms with E-state index in [1.807, 2.05) is 36.6 Å². The summed E-state index contributed by atoms with van der Waals surface area (Å²) in [5.41, 5.74) is 6.15. The van der Waals surface area contributed by atoms with Crippen LogP contribution in [0.25, 0.3) is 11.0 Å². The van der Waals surface area contributed by atoms with E-state index >= 15 is 0 Å². The number of benzene rings is 1. The Bertz CT molecular complexity index is 743. The number of aryl methyl sites for hydroxylation is 1. The molecule has 1 aromatic heterocycles. The highest BCUT2D eigenvalue weighted by molar-refractivity contribution is 8.02. The minimum absolute atomic E-state index is 0.110. The molecule has 0 aliphatic carbocycles. The van der Waals surface area contributed by atoms with Gasteiger partial charge in [0.25, 0.3) is 0 Å². The molecule has 1 unspecified atom stereocenters. The van der Waals surface area contributed by atoms with Crippen molar-refractivity contribution in [3.05, 3.63) is 41.6 Å². The van der Waals surface area contributed by atoms with E-state index < -0.39 is 11.9 Å². The predicted molar refractivity (Wildman–Crippen MR) is 88.9 cm³/mol. The van der Waals surface area contributed by atoms with E-state index in [0.29, 0.717) is 6.61 Å². The van der Waals surface area contributed by atoms with Gasteiger partial charge in [-0.3, -0.25) is 4.79 Å². The third-order valence-electron chi connectivity index (χ3n) is 3.67. The largest absolute Gasteiger partial charge is 0.490 e. The Balaban J connectivity index is 1.67. The molecular weight excluding hydrogens is 316 g/mol. The van der Waals surface area contributed by atoms with Gasteiger partial charge in [0, 0.05) is 11.6 Å². The van der Waals surface area contributed by atoms with Crippen LogP contribution >= 0.6 is 11.8 Å². The van der Waals surface area contributed by atoms with Gasteiger partial charge in [0.05, 0.1) is 6.61 Å². The highest BCUT2D eigenvalue weighted by Crippen LogP contribution is 2.29. The minimum Gasteiger partial charge on any atom is -0.490 e. The molecule has 23 heavy (non-hydrogen) atoms. The topological polar surface area (TPSA) is 88.9 Å². The van der Waals surface area contributed by atoms with Crippen LogP contribution in [0, 0.1) is 6.92 Å². The van der Waals surface area contributed by atoms with Crippen LogP contribution in [0.1, 0.15) is 5.76 Å². The first-order chi connectivity index (χ1) is 11.1. The fourth-order valence-electron chi connectivity index (χ4n) is 2.53. The molecule has 1 aromatic carbocycles. The number of furan rings is 1. The van der Waals surface area contributed by atoms with Crippen LogP contribution in [0.15, 0.2) is 40.3 Å². The van der Waals surface area contributed by atoms with Crippen LogP contribution < -0.4 is 10.5 Å². The summed E-state index contributed by atoms with van der Waals surface area (Å²) in [6.45, 7) is 1.94. The minimum atomic E-state index is -0.742. The molecule has 0 saturated carbocycles. The molecule has 0 fully saturated rings. The Morgan fingerprint density at radius 1 is 1.52 bits per heavy atom. The molecule has 2 atom stereocenters. The molecule has 1 aliphatic rings. The fourth-order valence-corrected chi connectivity index (χ4v) is 3.43. The number of primary amides is 1. The van der Waals surface area contributed by atoms with Gasteiger partial charge < -0.3 is 24.9 Å². The zero-order valence-corrected chi connectivity index (χ0v) is 13.5. The van der Waals surface area contributed by atoms with Crippen molar-refractivity contribution in [2.24, 2.45) is 5.73 Å². The number of nitrogens with zero attached hydrogens (tertiary/aromatic N) is 1. The molecule has 6 nitrogen and oxygen atoms in total. The Kier molecular flexibility index (Phi) is 4.49. The number of amides is 1. The number of carbonyl (C=O) groups excluding carboxylic acids is 1. The fraction of sp³-hybridized carbons (Fsp3) is 0.312. The van der Waals surface area contributed by atoms with Crippen LogP contribution in [0.5, 0.6) is 5.75 Å². The van der Waals surface area contributed by atoms with Gasteiger partial charge in [-0.25, -0.2) is 0 Å². The molecule has 1 amide bonds. The van der Waals surface area contributed by atoms with E-state index in [4.69, 9.17) is 14.9 Å². The molecular formula is C16H18N2O4S. The lowest BCUT2D eigenvalue weighted by Crippen LogP contribution is -2.48. The first kappa shape index (κ1) is 15.8. The van der Waals surface area contributed by atoms with Gasteiger partial charge in [-0.2, -0.15) is 0 Å². The molecule has 0 bridgehead atoms. The lowest BCUT2D eigenvalue weighted by Gasteiger charge is -2.29. The number of aliphatic hydroxyl groups is 1. The van der Waals surface area contributed by atoms with Crippen LogP contribution in [-0.2, 0) is 4.79 Å². The molecule has 1 aliphatic heterocycles. The van der Waals surface area contributed by atoms with Gasteiger partial charge in [-0.05, 0) is 36.6 Å². The van der Waals surface area contributed by atoms with Gasteiger partial charge in [0.2, 0.25) is 5.91 Å². The van der Waals surface area contributed by atoms with Crippen molar-refractivity contribution >= 4 is 28.6 Å². The van der Waals surface area contributed by atoms with E-state index in [1.54, 1.807) is 11.1 Å². The van der Waals surface area contributed by atoms with Crippen LogP contribution in [0.3, 0.4) is 0 Å². The lowest BCUT2D eigenvalue weighted by atomic mass is 10.2. The highest BCUT2D eigenvalue weighted by Gasteiger charge is 2.30. The number of nitrogens with two attached hydrogens (primary N) is 1. The molecule has 3 N–H and O–H groups in total. The second kappa shape index (κ2) is 6.55. The Morgan fingerprint density at radius 2 is 2.35 bits per heavy atom. The van der Waals surface area contributed by atoms with Crippen molar-refractivity contribution in [1.82, 2.24) is 4.90 Å². The zero-order chi connectivity index (χ0) is 16.4. The third kappa shape index (κ3) is 3.30. The molecule has 2 aromatic rings. The van der Waals surface area contributed by atoms with Gasteiger partial charge >= 0.3 is 0 Å². The van der Waals surface area contributed by atoms with E-state index in [9.17, 15) is 9.90 Å². The second-order valence-corrected chi connectivity index (χ2v) is 6.38. The number of fused-ring (bicyclic) bond motifs is 1. The first-order valence-corrected chi connectivity index (χ1v) is 8.15. The normalized spacial score (nSPS) is 18.5. The number of ether oxygens (including phenoxy) is 1. The van der Waals surface area contributed by atoms with E-state index in [2.05, 4.69) is 0 Å². The summed E-state index contributed by atoms with van der Waals surface area (Å²) >= 11 is 1.52. The highest BCUT2D eigenvalue weighted by atomic mass is 32.2. The van der Waals surface area contributed by atoms with Gasteiger partial charge in [0.1, 0.15) is 35.1 Å². The number of hydrogen-bond acceptors (Lipinski definition) is 6. The van der Waals surface area contributed by atoms with E-state index in [0.717, 1.165) is 22.5 Å². The lowest BCUT2D eigenvalue weighted by molar-refractivity contribution is -0.123. The SMILES string of the molecule is Cc1cc2cc(OC[C@@H]3SC=CN3C(CO)C(N)=O)ccc2o1. The molecule has 0 radical (unpaired) electrons. The second-order valence-electron chi connectivity index (χ2n) is 5.29. The van der Waals surface area contributed by atoms with Crippen molar-refractivity contribution in [2.45, 2.75) is 18.3 Å². The number of carbonyl (C=O) groups is 1. The first-order valence-electron chi connectivity index (χ1n) is 7.21. The number of hydrogen-bond donors (Lipinski definition) is 2. The summed E-state index contributed by atoms with van der Waals surface area (Å²) in [4.78, 5) is 13.1. The zero-order valence-electron chi connectivity index (χ0n) is 12.6. The monoisotopic (exact) mass is 334 g/mol. The summed E-state index contributed by atoms with van der Waals surface area (Å²) < 4.78 is 11.4. The molecule has 3 rings (SSSR count). The van der Waals surface area contributed by atoms with Crippen LogP contribution in [-0.4, -0.2) is 40.5 Å². The van der Waals surface area contributed by atoms with Gasteiger partial charge in [-0.1, -0.05) is 0 Å². The van der Waals surface area contributed by atoms with E-state index in [-0.39, 0.29) is 12.0 Å². The van der Waals surface area contributed by atoms with Crippen molar-refractivity contribution in [1.29, 1.82) is 0 Å². The van der Waals surface area contributed by atoms with Crippen molar-refractivity contribution < 1.29 is 19.1 Å². The molecule has 2 heterocycles. The smallest absolute Gasteiger partial charge is 0.242 e. The summed E-state index contributed by atoms with van der Waals surface area (Å²) in [7, 11) is 0. The van der Waals surface area contributed by atoms with Crippen LogP contribution in [0.2, 0.25) is 0 Å². The summed E-state index contributed by atoms with van der Waals surface area (Å²) in [5, 5.41) is 12.1. The van der Waals surface area contributed by atoms with E-state index in [1.165, 1.54) is 11.8 Å². The number of thioether (sulfide) groups is 1. The summed E-state index contributed by atoms with van der Waals surface area (Å²) in [6, 6.07) is 6.85. The third-order valence-corrected chi connectivity index (χ3v) is 4.64. The Labute approximate surface area is 137 Å². The Morgan fingerprint density at radius 3 is 3.09 bits per heavy atom. The van der Waals surface area contributed by atoms with Crippen molar-refractivity contribution in [3.63, 3.8) is 0 Å². The van der Waals surface area contributed by atoms with Gasteiger partial charge in [-0.15, -0.1) is 11.8 Å². The van der Waals surface area contributed by atoms with Crippen molar-refractivity contribution in [2.75, 3.05) is 13.2 Å². The standard InChI is InChI=1S/C16H18N2O4S/c1-10-6-11-7-12(2-3-14(11)22-10)21-9-15-18(4-5-23-15)13(8-19)16(17)20/h2-7,13,15,19H,8-9H2,1H3,(H2,17,20)/t13?,15-/m0/s1. The maximum atomic E-state index is 11.4. The summed E-state index contributed by atoms with van der Waals surface area (Å²) in [5.74, 6) is 1.02. The predicted octanol–water partition coefficient (Wildman–Crippen LogP) is 1.81. The van der Waals surface area contributed by atoms with Crippen molar-refractivity contribution in [3.8, 4) is 5.75 Å². The number of rotatable bonds is 6. The quantitative estimate of drug-likeness (QED) is 0.837. The van der Waals surface area contributed by atoms with Gasteiger partial charge in [0.15, 0.2) is 0 Å². The average Bonchev–Trinajstić information content (AvgIpc) is 3.10. The molecule has 0 spiro atoms.